The fraction of sp³-hybridized carbons (Fsp3) is 0. The summed E-state index contributed by atoms with van der Waals surface area (Å²) in [5.41, 5.74) is 0.946. The molecule has 0 spiro atoms. The molecule has 1 aromatic carbocycles. The lowest BCUT2D eigenvalue weighted by Gasteiger charge is -1.99. The number of rotatable bonds is 1. The van der Waals surface area contributed by atoms with Gasteiger partial charge < -0.3 is 0 Å². The van der Waals surface area contributed by atoms with Crippen molar-refractivity contribution in [2.45, 2.75) is 0 Å². The monoisotopic (exact) mass is 257 g/mol. The van der Waals surface area contributed by atoms with Gasteiger partial charge in [0.15, 0.2) is 5.82 Å². The van der Waals surface area contributed by atoms with Gasteiger partial charge in [0, 0.05) is 15.1 Å². The smallest absolute Gasteiger partial charge is 0.156 e. The van der Waals surface area contributed by atoms with Crippen molar-refractivity contribution in [3.05, 3.63) is 34.0 Å². The Morgan fingerprint density at radius 1 is 1.38 bits per heavy atom. The molecule has 3 nitrogen and oxygen atoms in total. The van der Waals surface area contributed by atoms with Crippen LogP contribution in [0, 0.1) is 0 Å². The number of aromatic nitrogens is 3. The summed E-state index contributed by atoms with van der Waals surface area (Å²) in [5, 5.41) is 7.24. The van der Waals surface area contributed by atoms with E-state index < -0.39 is 0 Å². The van der Waals surface area contributed by atoms with E-state index in [1.54, 1.807) is 0 Å². The maximum atomic E-state index is 5.80. The van der Waals surface area contributed by atoms with E-state index in [2.05, 4.69) is 31.1 Å². The van der Waals surface area contributed by atoms with Crippen molar-refractivity contribution in [3.63, 3.8) is 0 Å². The van der Waals surface area contributed by atoms with Crippen LogP contribution in [0.2, 0.25) is 5.02 Å². The topological polar surface area (TPSA) is 41.6 Å². The molecule has 1 aromatic heterocycles. The maximum Gasteiger partial charge on any atom is 0.156 e. The Hall–Kier alpha value is -0.870. The van der Waals surface area contributed by atoms with Crippen molar-refractivity contribution in [1.82, 2.24) is 15.2 Å². The Bertz CT molecular complexity index is 413. The van der Waals surface area contributed by atoms with Crippen LogP contribution in [0.3, 0.4) is 0 Å². The standard InChI is InChI=1S/C8H5BrClN3/c9-7-3-5(10)1-2-6(7)8-11-4-12-13-8/h1-4H,(H,11,12,13). The molecule has 0 aliphatic rings. The number of H-pyrrole nitrogens is 1. The average Bonchev–Trinajstić information content (AvgIpc) is 2.56. The highest BCUT2D eigenvalue weighted by Gasteiger charge is 2.05. The van der Waals surface area contributed by atoms with Gasteiger partial charge in [0.1, 0.15) is 6.33 Å². The molecule has 1 heterocycles. The zero-order valence-corrected chi connectivity index (χ0v) is 8.80. The highest BCUT2D eigenvalue weighted by Crippen LogP contribution is 2.27. The first-order valence-corrected chi connectivity index (χ1v) is 4.75. The van der Waals surface area contributed by atoms with Crippen LogP contribution in [-0.2, 0) is 0 Å². The molecule has 5 heteroatoms. The lowest BCUT2D eigenvalue weighted by molar-refractivity contribution is 1.09. The van der Waals surface area contributed by atoms with Gasteiger partial charge in [-0.15, -0.1) is 0 Å². The Balaban J connectivity index is 2.53. The number of halogens is 2. The molecule has 1 N–H and O–H groups in total. The second kappa shape index (κ2) is 3.47. The van der Waals surface area contributed by atoms with Gasteiger partial charge >= 0.3 is 0 Å². The summed E-state index contributed by atoms with van der Waals surface area (Å²) in [4.78, 5) is 4.04. The third-order valence-electron chi connectivity index (χ3n) is 1.60. The van der Waals surface area contributed by atoms with Crippen molar-refractivity contribution in [2.75, 3.05) is 0 Å². The molecule has 0 bridgehead atoms. The van der Waals surface area contributed by atoms with E-state index in [0.717, 1.165) is 15.9 Å². The van der Waals surface area contributed by atoms with Crippen molar-refractivity contribution >= 4 is 27.5 Å². The normalized spacial score (nSPS) is 10.3. The first-order valence-electron chi connectivity index (χ1n) is 3.58. The van der Waals surface area contributed by atoms with Gasteiger partial charge in [0.25, 0.3) is 0 Å². The lowest BCUT2D eigenvalue weighted by Crippen LogP contribution is -1.82. The summed E-state index contributed by atoms with van der Waals surface area (Å²) >= 11 is 9.20. The lowest BCUT2D eigenvalue weighted by atomic mass is 10.2. The summed E-state index contributed by atoms with van der Waals surface area (Å²) in [7, 11) is 0. The fourth-order valence-corrected chi connectivity index (χ4v) is 1.89. The van der Waals surface area contributed by atoms with E-state index in [1.165, 1.54) is 6.33 Å². The molecular formula is C8H5BrClN3. The largest absolute Gasteiger partial charge is 0.259 e. The van der Waals surface area contributed by atoms with Crippen molar-refractivity contribution in [3.8, 4) is 11.4 Å². The van der Waals surface area contributed by atoms with E-state index in [9.17, 15) is 0 Å². The predicted molar refractivity (Wildman–Crippen MR) is 54.5 cm³/mol. The van der Waals surface area contributed by atoms with E-state index >= 15 is 0 Å². The van der Waals surface area contributed by atoms with Crippen LogP contribution in [0.4, 0.5) is 0 Å². The van der Waals surface area contributed by atoms with Gasteiger partial charge in [0.05, 0.1) is 0 Å². The van der Waals surface area contributed by atoms with Crippen molar-refractivity contribution < 1.29 is 0 Å². The van der Waals surface area contributed by atoms with Crippen LogP contribution in [0.15, 0.2) is 29.0 Å². The third-order valence-corrected chi connectivity index (χ3v) is 2.49. The Labute approximate surface area is 88.3 Å². The third kappa shape index (κ3) is 1.73. The number of aromatic amines is 1. The molecule has 66 valence electrons. The zero-order valence-electron chi connectivity index (χ0n) is 6.46. The summed E-state index contributed by atoms with van der Waals surface area (Å²) in [6.45, 7) is 0. The van der Waals surface area contributed by atoms with E-state index in [4.69, 9.17) is 11.6 Å². The molecule has 0 atom stereocenters. The van der Waals surface area contributed by atoms with Gasteiger partial charge in [-0.2, -0.15) is 5.10 Å². The zero-order chi connectivity index (χ0) is 9.26. The first kappa shape index (κ1) is 8.72. The molecule has 2 rings (SSSR count). The second-order valence-corrected chi connectivity index (χ2v) is 3.75. The van der Waals surface area contributed by atoms with Gasteiger partial charge in [-0.25, -0.2) is 4.98 Å². The summed E-state index contributed by atoms with van der Waals surface area (Å²) < 4.78 is 0.900. The minimum absolute atomic E-state index is 0.690. The van der Waals surface area contributed by atoms with Crippen molar-refractivity contribution in [2.24, 2.45) is 0 Å². The SMILES string of the molecule is Clc1ccc(-c2ncn[nH]2)c(Br)c1. The van der Waals surface area contributed by atoms with E-state index in [-0.39, 0.29) is 0 Å². The molecule has 0 fully saturated rings. The highest BCUT2D eigenvalue weighted by atomic mass is 79.9. The van der Waals surface area contributed by atoms with Crippen LogP contribution >= 0.6 is 27.5 Å². The van der Waals surface area contributed by atoms with Gasteiger partial charge in [-0.3, -0.25) is 5.10 Å². The maximum absolute atomic E-state index is 5.80. The first-order chi connectivity index (χ1) is 6.27. The molecule has 0 amide bonds. The van der Waals surface area contributed by atoms with Crippen LogP contribution < -0.4 is 0 Å². The molecular weight excluding hydrogens is 253 g/mol. The number of nitrogens with zero attached hydrogens (tertiary/aromatic N) is 2. The molecule has 0 aliphatic carbocycles. The summed E-state index contributed by atoms with van der Waals surface area (Å²) in [5.74, 6) is 0.726. The highest BCUT2D eigenvalue weighted by molar-refractivity contribution is 9.10. The van der Waals surface area contributed by atoms with Crippen molar-refractivity contribution in [1.29, 1.82) is 0 Å². The summed E-state index contributed by atoms with van der Waals surface area (Å²) in [6, 6.07) is 5.51. The molecule has 0 aliphatic heterocycles. The number of hydrogen-bond acceptors (Lipinski definition) is 2. The molecule has 0 radical (unpaired) electrons. The van der Waals surface area contributed by atoms with Crippen LogP contribution in [0.1, 0.15) is 0 Å². The number of benzene rings is 1. The van der Waals surface area contributed by atoms with Gasteiger partial charge in [-0.1, -0.05) is 11.6 Å². The van der Waals surface area contributed by atoms with Crippen LogP contribution in [-0.4, -0.2) is 15.2 Å². The molecule has 0 saturated heterocycles. The molecule has 13 heavy (non-hydrogen) atoms. The Kier molecular flexibility index (Phi) is 2.33. The second-order valence-electron chi connectivity index (χ2n) is 2.46. The van der Waals surface area contributed by atoms with E-state index in [1.807, 2.05) is 18.2 Å². The Morgan fingerprint density at radius 2 is 2.23 bits per heavy atom. The van der Waals surface area contributed by atoms with Gasteiger partial charge in [0.2, 0.25) is 0 Å². The Morgan fingerprint density at radius 3 is 2.85 bits per heavy atom. The van der Waals surface area contributed by atoms with Crippen LogP contribution in [0.25, 0.3) is 11.4 Å². The molecule has 2 aromatic rings. The quantitative estimate of drug-likeness (QED) is 0.854. The minimum atomic E-state index is 0.690. The number of hydrogen-bond donors (Lipinski definition) is 1. The van der Waals surface area contributed by atoms with Crippen LogP contribution in [0.5, 0.6) is 0 Å². The summed E-state index contributed by atoms with van der Waals surface area (Å²) in [6.07, 6.45) is 1.47. The number of nitrogens with one attached hydrogen (secondary N) is 1. The minimum Gasteiger partial charge on any atom is -0.259 e. The van der Waals surface area contributed by atoms with Gasteiger partial charge in [-0.05, 0) is 34.1 Å². The van der Waals surface area contributed by atoms with E-state index in [0.29, 0.717) is 5.02 Å². The average molecular weight is 259 g/mol. The molecule has 0 unspecified atom stereocenters. The fourth-order valence-electron chi connectivity index (χ4n) is 1.02. The molecule has 0 saturated carbocycles. The predicted octanol–water partition coefficient (Wildman–Crippen LogP) is 2.89.